The fourth-order valence-electron chi connectivity index (χ4n) is 2.25. The highest BCUT2D eigenvalue weighted by Gasteiger charge is 2.24. The van der Waals surface area contributed by atoms with Gasteiger partial charge < -0.3 is 10.6 Å². The Balaban J connectivity index is 2.11. The van der Waals surface area contributed by atoms with Gasteiger partial charge in [-0.1, -0.05) is 19.9 Å². The molecule has 0 aliphatic heterocycles. The lowest BCUT2D eigenvalue weighted by Gasteiger charge is -2.22. The first-order valence-corrected chi connectivity index (χ1v) is 7.78. The summed E-state index contributed by atoms with van der Waals surface area (Å²) in [6, 6.07) is 12.8. The number of hydrogen-bond acceptors (Lipinski definition) is 3. The second-order valence-electron chi connectivity index (χ2n) is 5.88. The highest BCUT2D eigenvalue weighted by molar-refractivity contribution is 6.01. The minimum absolute atomic E-state index is 0.163. The van der Waals surface area contributed by atoms with Crippen LogP contribution in [0.3, 0.4) is 0 Å². The van der Waals surface area contributed by atoms with Crippen LogP contribution in [0.1, 0.15) is 29.8 Å². The standard InChI is InChI=1S/C19H18FN3O2/c1-12(2)17(23-18(24)14-6-8-15(20)9-7-14)19(25)22-16-5-3-4-13(10-16)11-21/h3-10,12,17H,1-2H3,(H,22,25)(H,23,24)/t17-/m0/s1. The molecule has 0 unspecified atom stereocenters. The summed E-state index contributed by atoms with van der Waals surface area (Å²) in [5.74, 6) is -1.45. The molecular weight excluding hydrogens is 321 g/mol. The minimum atomic E-state index is -0.775. The van der Waals surface area contributed by atoms with E-state index in [0.717, 1.165) is 0 Å². The van der Waals surface area contributed by atoms with E-state index < -0.39 is 17.8 Å². The van der Waals surface area contributed by atoms with Gasteiger partial charge in [0.15, 0.2) is 0 Å². The average molecular weight is 339 g/mol. The largest absolute Gasteiger partial charge is 0.340 e. The van der Waals surface area contributed by atoms with Gasteiger partial charge in [-0.05, 0) is 48.4 Å². The summed E-state index contributed by atoms with van der Waals surface area (Å²) < 4.78 is 13.0. The Morgan fingerprint density at radius 3 is 2.40 bits per heavy atom. The fraction of sp³-hybridized carbons (Fsp3) is 0.211. The van der Waals surface area contributed by atoms with E-state index in [-0.39, 0.29) is 17.4 Å². The van der Waals surface area contributed by atoms with Gasteiger partial charge >= 0.3 is 0 Å². The molecule has 0 aromatic heterocycles. The van der Waals surface area contributed by atoms with Crippen molar-refractivity contribution in [3.8, 4) is 6.07 Å². The number of hydrogen-bond donors (Lipinski definition) is 2. The molecule has 0 aliphatic rings. The van der Waals surface area contributed by atoms with Gasteiger partial charge in [-0.25, -0.2) is 4.39 Å². The van der Waals surface area contributed by atoms with Crippen molar-refractivity contribution in [2.24, 2.45) is 5.92 Å². The molecule has 6 heteroatoms. The van der Waals surface area contributed by atoms with Gasteiger partial charge in [0, 0.05) is 11.3 Å². The lowest BCUT2D eigenvalue weighted by molar-refractivity contribution is -0.118. The minimum Gasteiger partial charge on any atom is -0.340 e. The van der Waals surface area contributed by atoms with E-state index in [9.17, 15) is 14.0 Å². The molecule has 0 fully saturated rings. The number of nitrogens with one attached hydrogen (secondary N) is 2. The van der Waals surface area contributed by atoms with Crippen LogP contribution in [0.4, 0.5) is 10.1 Å². The summed E-state index contributed by atoms with van der Waals surface area (Å²) in [7, 11) is 0. The van der Waals surface area contributed by atoms with Crippen molar-refractivity contribution in [1.82, 2.24) is 5.32 Å². The number of benzene rings is 2. The molecule has 25 heavy (non-hydrogen) atoms. The molecule has 0 spiro atoms. The monoisotopic (exact) mass is 339 g/mol. The Morgan fingerprint density at radius 1 is 1.12 bits per heavy atom. The van der Waals surface area contributed by atoms with E-state index in [1.54, 1.807) is 38.1 Å². The smallest absolute Gasteiger partial charge is 0.251 e. The molecule has 2 amide bonds. The predicted octanol–water partition coefficient (Wildman–Crippen LogP) is 3.09. The van der Waals surface area contributed by atoms with E-state index in [0.29, 0.717) is 11.3 Å². The van der Waals surface area contributed by atoms with Crippen LogP contribution >= 0.6 is 0 Å². The molecule has 0 bridgehead atoms. The maximum atomic E-state index is 13.0. The van der Waals surface area contributed by atoms with Gasteiger partial charge in [-0.15, -0.1) is 0 Å². The Hall–Kier alpha value is -3.20. The van der Waals surface area contributed by atoms with Crippen molar-refractivity contribution in [2.75, 3.05) is 5.32 Å². The molecule has 2 aromatic carbocycles. The van der Waals surface area contributed by atoms with E-state index >= 15 is 0 Å². The summed E-state index contributed by atoms with van der Waals surface area (Å²) in [5, 5.41) is 14.3. The average Bonchev–Trinajstić information content (AvgIpc) is 2.59. The van der Waals surface area contributed by atoms with Crippen LogP contribution in [0, 0.1) is 23.1 Å². The number of amides is 2. The summed E-state index contributed by atoms with van der Waals surface area (Å²) in [6.07, 6.45) is 0. The Labute approximate surface area is 145 Å². The fourth-order valence-corrected chi connectivity index (χ4v) is 2.25. The third-order valence-corrected chi connectivity index (χ3v) is 3.60. The second kappa shape index (κ2) is 8.06. The normalized spacial score (nSPS) is 11.5. The first kappa shape index (κ1) is 18.1. The maximum absolute atomic E-state index is 13.0. The summed E-state index contributed by atoms with van der Waals surface area (Å²) in [4.78, 5) is 24.8. The van der Waals surface area contributed by atoms with Gasteiger partial charge in [0.1, 0.15) is 11.9 Å². The highest BCUT2D eigenvalue weighted by atomic mass is 19.1. The van der Waals surface area contributed by atoms with Crippen molar-refractivity contribution in [2.45, 2.75) is 19.9 Å². The summed E-state index contributed by atoms with van der Waals surface area (Å²) in [6.45, 7) is 3.61. The lowest BCUT2D eigenvalue weighted by atomic mass is 10.0. The zero-order valence-corrected chi connectivity index (χ0v) is 13.9. The van der Waals surface area contributed by atoms with Gasteiger partial charge in [0.05, 0.1) is 11.6 Å². The number of nitriles is 1. The number of halogens is 1. The second-order valence-corrected chi connectivity index (χ2v) is 5.88. The number of rotatable bonds is 5. The Kier molecular flexibility index (Phi) is 5.85. The van der Waals surface area contributed by atoms with Crippen LogP contribution in [0.25, 0.3) is 0 Å². The van der Waals surface area contributed by atoms with Crippen LogP contribution in [0.15, 0.2) is 48.5 Å². The Morgan fingerprint density at radius 2 is 1.80 bits per heavy atom. The van der Waals surface area contributed by atoms with Crippen molar-refractivity contribution in [3.63, 3.8) is 0 Å². The van der Waals surface area contributed by atoms with Crippen molar-refractivity contribution in [1.29, 1.82) is 5.26 Å². The van der Waals surface area contributed by atoms with Crippen LogP contribution < -0.4 is 10.6 Å². The van der Waals surface area contributed by atoms with Gasteiger partial charge in [-0.3, -0.25) is 9.59 Å². The van der Waals surface area contributed by atoms with Gasteiger partial charge in [-0.2, -0.15) is 5.26 Å². The SMILES string of the molecule is CC(C)[C@H](NC(=O)c1ccc(F)cc1)C(=O)Nc1cccc(C#N)c1. The molecular formula is C19H18FN3O2. The topological polar surface area (TPSA) is 82.0 Å². The molecule has 0 saturated carbocycles. The van der Waals surface area contributed by atoms with Crippen molar-refractivity contribution in [3.05, 3.63) is 65.5 Å². The molecule has 128 valence electrons. The molecule has 1 atom stereocenters. The van der Waals surface area contributed by atoms with Gasteiger partial charge in [0.2, 0.25) is 5.91 Å². The molecule has 0 aliphatic carbocycles. The number of anilines is 1. The number of carbonyl (C=O) groups is 2. The quantitative estimate of drug-likeness (QED) is 0.878. The van der Waals surface area contributed by atoms with Crippen LogP contribution in [-0.2, 0) is 4.79 Å². The third-order valence-electron chi connectivity index (χ3n) is 3.60. The third kappa shape index (κ3) is 4.88. The first-order valence-electron chi connectivity index (χ1n) is 7.78. The lowest BCUT2D eigenvalue weighted by Crippen LogP contribution is -2.47. The van der Waals surface area contributed by atoms with E-state index in [1.807, 2.05) is 6.07 Å². The molecule has 0 radical (unpaired) electrons. The van der Waals surface area contributed by atoms with Crippen LogP contribution in [0.5, 0.6) is 0 Å². The van der Waals surface area contributed by atoms with Crippen molar-refractivity contribution < 1.29 is 14.0 Å². The molecule has 5 nitrogen and oxygen atoms in total. The van der Waals surface area contributed by atoms with Crippen LogP contribution in [0.2, 0.25) is 0 Å². The highest BCUT2D eigenvalue weighted by Crippen LogP contribution is 2.13. The van der Waals surface area contributed by atoms with Crippen LogP contribution in [-0.4, -0.2) is 17.9 Å². The molecule has 0 saturated heterocycles. The number of carbonyl (C=O) groups excluding carboxylic acids is 2. The molecule has 0 heterocycles. The molecule has 2 aromatic rings. The zero-order valence-electron chi connectivity index (χ0n) is 13.9. The first-order chi connectivity index (χ1) is 11.9. The van der Waals surface area contributed by atoms with E-state index in [1.165, 1.54) is 24.3 Å². The summed E-state index contributed by atoms with van der Waals surface area (Å²) in [5.41, 5.74) is 1.17. The maximum Gasteiger partial charge on any atom is 0.251 e. The zero-order chi connectivity index (χ0) is 18.4. The Bertz CT molecular complexity index is 810. The predicted molar refractivity (Wildman–Crippen MR) is 92.3 cm³/mol. The summed E-state index contributed by atoms with van der Waals surface area (Å²) >= 11 is 0. The molecule has 2 N–H and O–H groups in total. The van der Waals surface area contributed by atoms with E-state index in [4.69, 9.17) is 5.26 Å². The molecule has 2 rings (SSSR count). The van der Waals surface area contributed by atoms with E-state index in [2.05, 4.69) is 10.6 Å². The van der Waals surface area contributed by atoms with Crippen molar-refractivity contribution >= 4 is 17.5 Å². The van der Waals surface area contributed by atoms with Gasteiger partial charge in [0.25, 0.3) is 5.91 Å². The number of nitrogens with zero attached hydrogens (tertiary/aromatic N) is 1.